The second-order valence-corrected chi connectivity index (χ2v) is 7.33. The van der Waals surface area contributed by atoms with Crippen molar-refractivity contribution in [3.8, 4) is 5.82 Å². The van der Waals surface area contributed by atoms with E-state index in [4.69, 9.17) is 0 Å². The Hall–Kier alpha value is -3.20. The average Bonchev–Trinajstić information content (AvgIpc) is 2.68. The topological polar surface area (TPSA) is 106 Å². The summed E-state index contributed by atoms with van der Waals surface area (Å²) in [5, 5.41) is 4.67. The molecule has 0 bridgehead atoms. The Balaban J connectivity index is 2.10. The second kappa shape index (κ2) is 8.22. The molecule has 3 rings (SSSR count). The van der Waals surface area contributed by atoms with Crippen molar-refractivity contribution in [2.75, 3.05) is 7.05 Å². The lowest BCUT2D eigenvalue weighted by Gasteiger charge is -2.15. The molecule has 0 saturated carbocycles. The van der Waals surface area contributed by atoms with Crippen LogP contribution in [0.1, 0.15) is 12.6 Å². The number of thioether (sulfide) groups is 1. The van der Waals surface area contributed by atoms with Crippen molar-refractivity contribution in [2.24, 2.45) is 0 Å². The van der Waals surface area contributed by atoms with Crippen LogP contribution in [0.3, 0.4) is 0 Å². The van der Waals surface area contributed by atoms with Gasteiger partial charge in [0.15, 0.2) is 5.16 Å². The predicted molar refractivity (Wildman–Crippen MR) is 108 cm³/mol. The van der Waals surface area contributed by atoms with Gasteiger partial charge in [-0.05, 0) is 38.1 Å². The maximum Gasteiger partial charge on any atom is 0.321 e. The van der Waals surface area contributed by atoms with E-state index in [1.54, 1.807) is 43.3 Å². The number of urea groups is 1. The van der Waals surface area contributed by atoms with Crippen LogP contribution < -0.4 is 16.2 Å². The fourth-order valence-corrected chi connectivity index (χ4v) is 3.45. The molecule has 2 N–H and O–H groups in total. The molecular formula is C19H19N5O3S. The molecule has 2 aromatic heterocycles. The molecule has 0 aliphatic heterocycles. The lowest BCUT2D eigenvalue weighted by molar-refractivity contribution is -0.119. The predicted octanol–water partition coefficient (Wildman–Crippen LogP) is 2.03. The molecule has 1 aromatic carbocycles. The highest BCUT2D eigenvalue weighted by atomic mass is 32.2. The smallest absolute Gasteiger partial charge is 0.321 e. The highest BCUT2D eigenvalue weighted by Crippen LogP contribution is 2.24. The summed E-state index contributed by atoms with van der Waals surface area (Å²) in [4.78, 5) is 45.8. The summed E-state index contributed by atoms with van der Waals surface area (Å²) in [6.07, 6.45) is 0. The third-order valence-corrected chi connectivity index (χ3v) is 5.02. The van der Waals surface area contributed by atoms with Crippen LogP contribution in [-0.4, -0.2) is 38.8 Å². The second-order valence-electron chi connectivity index (χ2n) is 6.02. The first kappa shape index (κ1) is 19.6. The first-order valence-electron chi connectivity index (χ1n) is 8.55. The minimum absolute atomic E-state index is 0.273. The molecule has 0 spiro atoms. The summed E-state index contributed by atoms with van der Waals surface area (Å²) < 4.78 is 1.39. The molecule has 3 aromatic rings. The minimum Gasteiger partial charge on any atom is -0.341 e. The molecule has 2 heterocycles. The molecule has 9 heteroatoms. The Morgan fingerprint density at radius 2 is 1.86 bits per heavy atom. The number of nitrogens with zero attached hydrogens (tertiary/aromatic N) is 3. The number of amides is 3. The normalized spacial score (nSPS) is 11.8. The number of hydrogen-bond acceptors (Lipinski definition) is 6. The number of para-hydroxylation sites is 1. The lowest BCUT2D eigenvalue weighted by atomic mass is 10.2. The van der Waals surface area contributed by atoms with Crippen molar-refractivity contribution >= 4 is 34.6 Å². The van der Waals surface area contributed by atoms with Gasteiger partial charge in [0, 0.05) is 12.7 Å². The largest absolute Gasteiger partial charge is 0.341 e. The Kier molecular flexibility index (Phi) is 5.74. The van der Waals surface area contributed by atoms with E-state index in [9.17, 15) is 14.4 Å². The molecule has 0 aliphatic rings. The Morgan fingerprint density at radius 3 is 2.57 bits per heavy atom. The van der Waals surface area contributed by atoms with Gasteiger partial charge in [-0.1, -0.05) is 30.0 Å². The fourth-order valence-electron chi connectivity index (χ4n) is 2.53. The molecule has 0 fully saturated rings. The number of benzene rings is 1. The first-order chi connectivity index (χ1) is 13.4. The van der Waals surface area contributed by atoms with Gasteiger partial charge >= 0.3 is 6.03 Å². The van der Waals surface area contributed by atoms with E-state index < -0.39 is 17.2 Å². The van der Waals surface area contributed by atoms with Gasteiger partial charge in [-0.15, -0.1) is 0 Å². The summed E-state index contributed by atoms with van der Waals surface area (Å²) in [6.45, 7) is 3.47. The summed E-state index contributed by atoms with van der Waals surface area (Å²) in [6, 6.07) is 11.7. The molecule has 8 nitrogen and oxygen atoms in total. The van der Waals surface area contributed by atoms with E-state index in [0.29, 0.717) is 21.9 Å². The molecule has 1 atom stereocenters. The number of carbonyl (C=O) groups excluding carboxylic acids is 2. The summed E-state index contributed by atoms with van der Waals surface area (Å²) in [7, 11) is 1.42. The monoisotopic (exact) mass is 397 g/mol. The lowest BCUT2D eigenvalue weighted by Crippen LogP contribution is -2.41. The van der Waals surface area contributed by atoms with Gasteiger partial charge in [0.1, 0.15) is 5.82 Å². The fraction of sp³-hybridized carbons (Fsp3) is 0.211. The number of carbonyl (C=O) groups is 2. The zero-order valence-electron chi connectivity index (χ0n) is 15.6. The quantitative estimate of drug-likeness (QED) is 0.515. The van der Waals surface area contributed by atoms with Crippen molar-refractivity contribution < 1.29 is 9.59 Å². The Morgan fingerprint density at radius 1 is 1.11 bits per heavy atom. The SMILES string of the molecule is CNC(=O)NC(=O)[C@H](C)Sc1nc2ccccc2c(=O)n1-c1cccc(C)n1. The average molecular weight is 397 g/mol. The zero-order valence-corrected chi connectivity index (χ0v) is 16.4. The van der Waals surface area contributed by atoms with E-state index in [0.717, 1.165) is 17.5 Å². The summed E-state index contributed by atoms with van der Waals surface area (Å²) in [5.41, 5.74) is 1.00. The third-order valence-electron chi connectivity index (χ3n) is 3.96. The van der Waals surface area contributed by atoms with Gasteiger partial charge in [0.2, 0.25) is 5.91 Å². The molecule has 0 aliphatic carbocycles. The van der Waals surface area contributed by atoms with Crippen LogP contribution in [0.5, 0.6) is 0 Å². The van der Waals surface area contributed by atoms with Crippen LogP contribution in [0.25, 0.3) is 16.7 Å². The molecule has 3 amide bonds. The van der Waals surface area contributed by atoms with Crippen molar-refractivity contribution in [3.05, 3.63) is 58.5 Å². The van der Waals surface area contributed by atoms with E-state index in [2.05, 4.69) is 20.6 Å². The number of rotatable bonds is 4. The summed E-state index contributed by atoms with van der Waals surface area (Å²) >= 11 is 1.08. The molecule has 0 saturated heterocycles. The number of pyridine rings is 1. The van der Waals surface area contributed by atoms with Crippen LogP contribution in [0.15, 0.2) is 52.4 Å². The van der Waals surface area contributed by atoms with Gasteiger partial charge in [0.25, 0.3) is 5.56 Å². The standard InChI is InChI=1S/C19H19N5O3S/c1-11-7-6-10-15(21-11)24-17(26)13-8-4-5-9-14(13)22-19(24)28-12(2)16(25)23-18(27)20-3/h4-10,12H,1-3H3,(H2,20,23,25,27)/t12-/m0/s1. The minimum atomic E-state index is -0.665. The van der Waals surface area contributed by atoms with E-state index >= 15 is 0 Å². The Bertz CT molecular complexity index is 1110. The molecule has 0 unspecified atom stereocenters. The van der Waals surface area contributed by atoms with Gasteiger partial charge in [-0.3, -0.25) is 14.9 Å². The highest BCUT2D eigenvalue weighted by Gasteiger charge is 2.21. The number of fused-ring (bicyclic) bond motifs is 1. The number of nitrogens with one attached hydrogen (secondary N) is 2. The van der Waals surface area contributed by atoms with Gasteiger partial charge in [-0.2, -0.15) is 0 Å². The zero-order chi connectivity index (χ0) is 20.3. The van der Waals surface area contributed by atoms with Crippen LogP contribution in [0.4, 0.5) is 4.79 Å². The van der Waals surface area contributed by atoms with Crippen LogP contribution in [-0.2, 0) is 4.79 Å². The van der Waals surface area contributed by atoms with Crippen molar-refractivity contribution in [3.63, 3.8) is 0 Å². The van der Waals surface area contributed by atoms with E-state index in [1.165, 1.54) is 11.6 Å². The van der Waals surface area contributed by atoms with Crippen molar-refractivity contribution in [2.45, 2.75) is 24.3 Å². The number of hydrogen-bond donors (Lipinski definition) is 2. The van der Waals surface area contributed by atoms with E-state index in [-0.39, 0.29) is 5.56 Å². The van der Waals surface area contributed by atoms with E-state index in [1.807, 2.05) is 13.0 Å². The maximum atomic E-state index is 13.1. The molecule has 28 heavy (non-hydrogen) atoms. The van der Waals surface area contributed by atoms with Crippen LogP contribution >= 0.6 is 11.8 Å². The Labute approximate surface area is 165 Å². The number of imide groups is 1. The van der Waals surface area contributed by atoms with Crippen molar-refractivity contribution in [1.82, 2.24) is 25.2 Å². The van der Waals surface area contributed by atoms with Gasteiger partial charge < -0.3 is 5.32 Å². The number of aryl methyl sites for hydroxylation is 1. The highest BCUT2D eigenvalue weighted by molar-refractivity contribution is 8.00. The van der Waals surface area contributed by atoms with Crippen LogP contribution in [0.2, 0.25) is 0 Å². The van der Waals surface area contributed by atoms with Gasteiger partial charge in [-0.25, -0.2) is 19.3 Å². The number of aromatic nitrogens is 3. The van der Waals surface area contributed by atoms with Crippen LogP contribution in [0, 0.1) is 6.92 Å². The first-order valence-corrected chi connectivity index (χ1v) is 9.43. The van der Waals surface area contributed by atoms with Crippen molar-refractivity contribution in [1.29, 1.82) is 0 Å². The molecule has 0 radical (unpaired) electrons. The third kappa shape index (κ3) is 4.04. The van der Waals surface area contributed by atoms with Gasteiger partial charge in [0.05, 0.1) is 16.2 Å². The maximum absolute atomic E-state index is 13.1. The summed E-state index contributed by atoms with van der Waals surface area (Å²) in [5.74, 6) is -0.0693. The molecular weight excluding hydrogens is 378 g/mol. The molecule has 144 valence electrons.